The third kappa shape index (κ3) is 4.50. The van der Waals surface area contributed by atoms with Crippen LogP contribution in [0.5, 0.6) is 0 Å². The van der Waals surface area contributed by atoms with Gasteiger partial charge < -0.3 is 0 Å². The molecule has 5 unspecified atom stereocenters. The third-order valence-electron chi connectivity index (χ3n) is 7.21. The van der Waals surface area contributed by atoms with E-state index in [0.29, 0.717) is 0 Å². The molecule has 0 saturated heterocycles. The Hall–Kier alpha value is 0.434. The molecule has 0 aliphatic heterocycles. The average Bonchev–Trinajstić information content (AvgIpc) is 3.05. The van der Waals surface area contributed by atoms with E-state index in [0.717, 1.165) is 11.8 Å². The van der Waals surface area contributed by atoms with Crippen molar-refractivity contribution in [3.63, 3.8) is 0 Å². The molecule has 2 rings (SSSR count). The maximum absolute atomic E-state index is 2.83. The molecular formula is C20H42Si2. The van der Waals surface area contributed by atoms with Crippen LogP contribution in [-0.2, 0) is 0 Å². The molecule has 5 atom stereocenters. The quantitative estimate of drug-likeness (QED) is 0.420. The lowest BCUT2D eigenvalue weighted by atomic mass is 10.1. The van der Waals surface area contributed by atoms with E-state index >= 15 is 0 Å². The summed E-state index contributed by atoms with van der Waals surface area (Å²) in [6.45, 7) is 15.4. The molecule has 0 bridgehead atoms. The van der Waals surface area contributed by atoms with E-state index in [2.05, 4.69) is 40.0 Å². The van der Waals surface area contributed by atoms with Gasteiger partial charge in [0, 0.05) is 8.07 Å². The Balaban J connectivity index is 2.02. The number of hydrogen-bond donors (Lipinski definition) is 0. The van der Waals surface area contributed by atoms with Crippen LogP contribution < -0.4 is 0 Å². The van der Waals surface area contributed by atoms with E-state index in [4.69, 9.17) is 0 Å². The number of rotatable bonds is 7. The Morgan fingerprint density at radius 3 is 1.77 bits per heavy atom. The second kappa shape index (κ2) is 7.55. The van der Waals surface area contributed by atoms with E-state index in [1.807, 2.05) is 0 Å². The first-order valence-corrected chi connectivity index (χ1v) is 16.9. The van der Waals surface area contributed by atoms with Gasteiger partial charge in [0.1, 0.15) is 0 Å². The SMILES string of the molecule is CCC[Si](C)(C1CCC(CC)C1)C1CCC(C[Si](C)(C)C)C1. The van der Waals surface area contributed by atoms with Gasteiger partial charge in [-0.3, -0.25) is 0 Å². The standard InChI is InChI=1S/C20H42Si2/c1-7-13-22(6,19-11-9-17(8-2)14-19)20-12-10-18(15-20)16-21(3,4)5/h17-20H,7-16H2,1-6H3. The molecule has 0 nitrogen and oxygen atoms in total. The molecule has 2 fully saturated rings. The predicted octanol–water partition coefficient (Wildman–Crippen LogP) is 7.56. The minimum atomic E-state index is -1.04. The summed E-state index contributed by atoms with van der Waals surface area (Å²) in [6, 6.07) is 3.22. The Morgan fingerprint density at radius 2 is 1.32 bits per heavy atom. The van der Waals surface area contributed by atoms with E-state index in [1.165, 1.54) is 23.9 Å². The first-order chi connectivity index (χ1) is 10.3. The Morgan fingerprint density at radius 1 is 0.773 bits per heavy atom. The lowest BCUT2D eigenvalue weighted by Gasteiger charge is -2.40. The van der Waals surface area contributed by atoms with Gasteiger partial charge in [-0.25, -0.2) is 0 Å². The van der Waals surface area contributed by atoms with Crippen LogP contribution in [0, 0.1) is 11.8 Å². The predicted molar refractivity (Wildman–Crippen MR) is 107 cm³/mol. The molecule has 0 aromatic heterocycles. The van der Waals surface area contributed by atoms with Crippen molar-refractivity contribution in [3.8, 4) is 0 Å². The molecule has 2 aliphatic carbocycles. The molecular weight excluding hydrogens is 296 g/mol. The van der Waals surface area contributed by atoms with Gasteiger partial charge in [-0.1, -0.05) is 97.1 Å². The van der Waals surface area contributed by atoms with Gasteiger partial charge in [-0.2, -0.15) is 0 Å². The Bertz CT molecular complexity index is 346. The van der Waals surface area contributed by atoms with E-state index in [9.17, 15) is 0 Å². The summed E-state index contributed by atoms with van der Waals surface area (Å²) >= 11 is 0. The van der Waals surface area contributed by atoms with Crippen molar-refractivity contribution >= 4 is 16.1 Å². The minimum Gasteiger partial charge on any atom is -0.0695 e. The van der Waals surface area contributed by atoms with Crippen molar-refractivity contribution in [2.45, 2.75) is 115 Å². The fourth-order valence-corrected chi connectivity index (χ4v) is 14.1. The van der Waals surface area contributed by atoms with E-state index < -0.39 is 16.1 Å². The summed E-state index contributed by atoms with van der Waals surface area (Å²) in [6.07, 6.45) is 12.4. The van der Waals surface area contributed by atoms with Crippen molar-refractivity contribution < 1.29 is 0 Å². The van der Waals surface area contributed by atoms with Crippen LogP contribution in [0.3, 0.4) is 0 Å². The van der Waals surface area contributed by atoms with Gasteiger partial charge >= 0.3 is 0 Å². The van der Waals surface area contributed by atoms with Gasteiger partial charge in [-0.15, -0.1) is 0 Å². The van der Waals surface area contributed by atoms with Crippen LogP contribution in [0.15, 0.2) is 0 Å². The molecule has 2 heteroatoms. The largest absolute Gasteiger partial charge is 0.0695 e. The van der Waals surface area contributed by atoms with Crippen molar-refractivity contribution in [1.82, 2.24) is 0 Å². The van der Waals surface area contributed by atoms with Gasteiger partial charge in [0.2, 0.25) is 0 Å². The molecule has 130 valence electrons. The smallest absolute Gasteiger partial charge is 0.0567 e. The molecule has 0 aromatic rings. The van der Waals surface area contributed by atoms with Crippen molar-refractivity contribution in [3.05, 3.63) is 0 Å². The van der Waals surface area contributed by atoms with Crippen molar-refractivity contribution in [1.29, 1.82) is 0 Å². The first kappa shape index (κ1) is 18.8. The van der Waals surface area contributed by atoms with Crippen LogP contribution in [0.4, 0.5) is 0 Å². The van der Waals surface area contributed by atoms with Gasteiger partial charge in [0.15, 0.2) is 0 Å². The molecule has 2 saturated carbocycles. The second-order valence-corrected chi connectivity index (χ2v) is 20.9. The topological polar surface area (TPSA) is 0 Å². The maximum atomic E-state index is 2.83. The van der Waals surface area contributed by atoms with Crippen LogP contribution in [0.2, 0.25) is 49.4 Å². The summed E-state index contributed by atoms with van der Waals surface area (Å²) in [7, 11) is -1.91. The van der Waals surface area contributed by atoms with Crippen molar-refractivity contribution in [2.75, 3.05) is 0 Å². The van der Waals surface area contributed by atoms with Crippen LogP contribution in [-0.4, -0.2) is 16.1 Å². The normalized spacial score (nSPS) is 35.7. The molecule has 22 heavy (non-hydrogen) atoms. The fourth-order valence-electron chi connectivity index (χ4n) is 6.05. The lowest BCUT2D eigenvalue weighted by molar-refractivity contribution is 0.527. The molecule has 2 aliphatic rings. The van der Waals surface area contributed by atoms with Crippen LogP contribution in [0.1, 0.15) is 65.2 Å². The van der Waals surface area contributed by atoms with Gasteiger partial charge in [-0.05, 0) is 29.3 Å². The summed E-state index contributed by atoms with van der Waals surface area (Å²) in [5, 5.41) is 0. The van der Waals surface area contributed by atoms with Crippen molar-refractivity contribution in [2.24, 2.45) is 11.8 Å². The highest BCUT2D eigenvalue weighted by molar-refractivity contribution is 6.81. The molecule has 0 amide bonds. The van der Waals surface area contributed by atoms with Gasteiger partial charge in [0.25, 0.3) is 0 Å². The molecule has 0 N–H and O–H groups in total. The van der Waals surface area contributed by atoms with Crippen LogP contribution in [0.25, 0.3) is 0 Å². The zero-order valence-electron chi connectivity index (χ0n) is 16.4. The summed E-state index contributed by atoms with van der Waals surface area (Å²) in [5.41, 5.74) is 2.35. The second-order valence-electron chi connectivity index (χ2n) is 10.2. The van der Waals surface area contributed by atoms with Crippen LogP contribution >= 0.6 is 0 Å². The monoisotopic (exact) mass is 338 g/mol. The fraction of sp³-hybridized carbons (Fsp3) is 1.00. The first-order valence-electron chi connectivity index (χ1n) is 10.3. The number of hydrogen-bond acceptors (Lipinski definition) is 0. The Labute approximate surface area is 142 Å². The highest BCUT2D eigenvalue weighted by Gasteiger charge is 2.47. The molecule has 0 heterocycles. The molecule has 0 spiro atoms. The lowest BCUT2D eigenvalue weighted by Crippen LogP contribution is -2.40. The maximum Gasteiger partial charge on any atom is 0.0567 e. The average molecular weight is 339 g/mol. The summed E-state index contributed by atoms with van der Waals surface area (Å²) in [4.78, 5) is 0. The zero-order chi connectivity index (χ0) is 16.4. The molecule has 0 radical (unpaired) electrons. The van der Waals surface area contributed by atoms with E-state index in [1.54, 1.807) is 50.6 Å². The highest BCUT2D eigenvalue weighted by atomic mass is 28.3. The minimum absolute atomic E-state index is 0.862. The zero-order valence-corrected chi connectivity index (χ0v) is 18.4. The Kier molecular flexibility index (Phi) is 6.44. The summed E-state index contributed by atoms with van der Waals surface area (Å²) < 4.78 is 0. The molecule has 0 aromatic carbocycles. The highest BCUT2D eigenvalue weighted by Crippen LogP contribution is 2.55. The van der Waals surface area contributed by atoms with E-state index in [-0.39, 0.29) is 0 Å². The third-order valence-corrected chi connectivity index (χ3v) is 15.4. The van der Waals surface area contributed by atoms with Gasteiger partial charge in [0.05, 0.1) is 8.07 Å². The summed E-state index contributed by atoms with van der Waals surface area (Å²) in [5.74, 6) is 2.18.